The fourth-order valence-electron chi connectivity index (χ4n) is 3.37. The molecule has 28 heavy (non-hydrogen) atoms. The Morgan fingerprint density at radius 3 is 1.89 bits per heavy atom. The van der Waals surface area contributed by atoms with Crippen molar-refractivity contribution in [2.75, 3.05) is 14.2 Å². The van der Waals surface area contributed by atoms with Gasteiger partial charge in [0.1, 0.15) is 11.5 Å². The summed E-state index contributed by atoms with van der Waals surface area (Å²) in [6.45, 7) is 0. The van der Waals surface area contributed by atoms with Crippen LogP contribution in [0.1, 0.15) is 24.0 Å². The Bertz CT molecular complexity index is 801. The lowest BCUT2D eigenvalue weighted by atomic mass is 9.80. The van der Waals surface area contributed by atoms with Gasteiger partial charge in [0.2, 0.25) is 0 Å². The number of carbonyl (C=O) groups is 2. The number of carboxylic acids is 2. The van der Waals surface area contributed by atoms with E-state index in [0.29, 0.717) is 24.3 Å². The number of ether oxygens (including phenoxy) is 2. The Kier molecular flexibility index (Phi) is 7.87. The molecule has 2 N–H and O–H groups in total. The molecule has 0 spiro atoms. The third-order valence-corrected chi connectivity index (χ3v) is 4.84. The fourth-order valence-corrected chi connectivity index (χ4v) is 3.37. The molecule has 0 aliphatic carbocycles. The Hall–Kier alpha value is -3.02. The van der Waals surface area contributed by atoms with Gasteiger partial charge in [0.25, 0.3) is 0 Å². The predicted molar refractivity (Wildman–Crippen MR) is 105 cm³/mol. The first-order chi connectivity index (χ1) is 13.4. The van der Waals surface area contributed by atoms with E-state index in [1.807, 2.05) is 42.5 Å². The topological polar surface area (TPSA) is 93.1 Å². The van der Waals surface area contributed by atoms with E-state index < -0.39 is 17.9 Å². The first kappa shape index (κ1) is 21.3. The summed E-state index contributed by atoms with van der Waals surface area (Å²) in [5.74, 6) is -1.54. The van der Waals surface area contributed by atoms with Gasteiger partial charge in [0.15, 0.2) is 0 Å². The molecule has 0 aliphatic rings. The first-order valence-corrected chi connectivity index (χ1v) is 9.13. The van der Waals surface area contributed by atoms with Crippen molar-refractivity contribution < 1.29 is 29.3 Å². The Balaban J connectivity index is 2.27. The minimum absolute atomic E-state index is 0.0729. The van der Waals surface area contributed by atoms with Crippen LogP contribution in [-0.4, -0.2) is 36.4 Å². The lowest BCUT2D eigenvalue weighted by Gasteiger charge is -2.24. The molecule has 0 fully saturated rings. The second-order valence-corrected chi connectivity index (χ2v) is 6.75. The van der Waals surface area contributed by atoms with Crippen LogP contribution in [0, 0.1) is 11.8 Å². The van der Waals surface area contributed by atoms with Gasteiger partial charge in [0.05, 0.1) is 20.1 Å². The summed E-state index contributed by atoms with van der Waals surface area (Å²) in [5.41, 5.74) is 1.77. The molecule has 0 heterocycles. The third-order valence-electron chi connectivity index (χ3n) is 4.84. The summed E-state index contributed by atoms with van der Waals surface area (Å²) < 4.78 is 10.5. The highest BCUT2D eigenvalue weighted by Crippen LogP contribution is 2.28. The molecule has 2 aromatic rings. The van der Waals surface area contributed by atoms with Crippen molar-refractivity contribution >= 4 is 11.9 Å². The van der Waals surface area contributed by atoms with Gasteiger partial charge in [0, 0.05) is 6.42 Å². The molecule has 6 heteroatoms. The number of hydrogen-bond acceptors (Lipinski definition) is 4. The van der Waals surface area contributed by atoms with Crippen LogP contribution < -0.4 is 9.47 Å². The van der Waals surface area contributed by atoms with Crippen molar-refractivity contribution in [3.8, 4) is 11.5 Å². The summed E-state index contributed by atoms with van der Waals surface area (Å²) in [7, 11) is 3.14. The van der Waals surface area contributed by atoms with E-state index >= 15 is 0 Å². The standard InChI is InChI=1S/C22H26O6/c1-27-18-7-3-5-15(12-18)11-17(9-10-21(23)24)20(22(25)26)14-16-6-4-8-19(13-16)28-2/h3-8,12-13,17,20H,9-11,14H2,1-2H3,(H,23,24)(H,25,26)/t17-,20-/m0/s1. The van der Waals surface area contributed by atoms with Gasteiger partial charge in [-0.1, -0.05) is 24.3 Å². The van der Waals surface area contributed by atoms with E-state index in [-0.39, 0.29) is 18.8 Å². The van der Waals surface area contributed by atoms with Crippen LogP contribution >= 0.6 is 0 Å². The minimum Gasteiger partial charge on any atom is -0.497 e. The van der Waals surface area contributed by atoms with E-state index in [1.165, 1.54) is 0 Å². The molecular weight excluding hydrogens is 360 g/mol. The molecular formula is C22H26O6. The molecule has 6 nitrogen and oxygen atoms in total. The van der Waals surface area contributed by atoms with Gasteiger partial charge < -0.3 is 19.7 Å². The molecule has 2 atom stereocenters. The van der Waals surface area contributed by atoms with Crippen molar-refractivity contribution in [3.05, 3.63) is 59.7 Å². The highest BCUT2D eigenvalue weighted by molar-refractivity contribution is 5.71. The average Bonchev–Trinajstić information content (AvgIpc) is 2.69. The number of aliphatic carboxylic acids is 2. The Morgan fingerprint density at radius 2 is 1.43 bits per heavy atom. The molecule has 0 saturated carbocycles. The van der Waals surface area contributed by atoms with Gasteiger partial charge >= 0.3 is 11.9 Å². The van der Waals surface area contributed by atoms with E-state index in [9.17, 15) is 14.7 Å². The van der Waals surface area contributed by atoms with Gasteiger partial charge in [-0.3, -0.25) is 9.59 Å². The molecule has 0 radical (unpaired) electrons. The average molecular weight is 386 g/mol. The smallest absolute Gasteiger partial charge is 0.307 e. The van der Waals surface area contributed by atoms with Crippen molar-refractivity contribution in [2.45, 2.75) is 25.7 Å². The first-order valence-electron chi connectivity index (χ1n) is 9.13. The van der Waals surface area contributed by atoms with Crippen LogP contribution in [0.2, 0.25) is 0 Å². The zero-order valence-corrected chi connectivity index (χ0v) is 16.1. The summed E-state index contributed by atoms with van der Waals surface area (Å²) >= 11 is 0. The monoisotopic (exact) mass is 386 g/mol. The van der Waals surface area contributed by atoms with Crippen LogP contribution in [0.15, 0.2) is 48.5 Å². The second-order valence-electron chi connectivity index (χ2n) is 6.75. The SMILES string of the molecule is COc1cccc(C[C@H](CCC(=O)O)[C@H](Cc2cccc(OC)c2)C(=O)O)c1. The van der Waals surface area contributed by atoms with Crippen LogP contribution in [0.25, 0.3) is 0 Å². The van der Waals surface area contributed by atoms with Crippen molar-refractivity contribution in [3.63, 3.8) is 0 Å². The number of rotatable bonds is 11. The predicted octanol–water partition coefficient (Wildman–Crippen LogP) is 3.67. The van der Waals surface area contributed by atoms with E-state index in [1.54, 1.807) is 20.3 Å². The van der Waals surface area contributed by atoms with Crippen LogP contribution in [-0.2, 0) is 22.4 Å². The molecule has 2 rings (SSSR count). The molecule has 2 aromatic carbocycles. The molecule has 0 amide bonds. The van der Waals surface area contributed by atoms with Crippen LogP contribution in [0.3, 0.4) is 0 Å². The van der Waals surface area contributed by atoms with Gasteiger partial charge in [-0.2, -0.15) is 0 Å². The zero-order valence-electron chi connectivity index (χ0n) is 16.1. The van der Waals surface area contributed by atoms with Crippen LogP contribution in [0.5, 0.6) is 11.5 Å². The maximum absolute atomic E-state index is 12.1. The molecule has 0 aliphatic heterocycles. The number of hydrogen-bond donors (Lipinski definition) is 2. The lowest BCUT2D eigenvalue weighted by molar-refractivity contribution is -0.145. The van der Waals surface area contributed by atoms with Gasteiger partial charge in [-0.25, -0.2) is 0 Å². The van der Waals surface area contributed by atoms with E-state index in [0.717, 1.165) is 11.1 Å². The highest BCUT2D eigenvalue weighted by Gasteiger charge is 2.29. The minimum atomic E-state index is -0.930. The summed E-state index contributed by atoms with van der Waals surface area (Å²) in [6, 6.07) is 14.7. The number of carboxylic acid groups (broad SMARTS) is 2. The van der Waals surface area contributed by atoms with Gasteiger partial charge in [-0.15, -0.1) is 0 Å². The second kappa shape index (κ2) is 10.3. The van der Waals surface area contributed by atoms with Crippen molar-refractivity contribution in [1.29, 1.82) is 0 Å². The van der Waals surface area contributed by atoms with Crippen LogP contribution in [0.4, 0.5) is 0 Å². The third kappa shape index (κ3) is 6.30. The normalized spacial score (nSPS) is 12.8. The lowest BCUT2D eigenvalue weighted by Crippen LogP contribution is -2.28. The largest absolute Gasteiger partial charge is 0.497 e. The molecule has 0 unspecified atom stereocenters. The Morgan fingerprint density at radius 1 is 0.893 bits per heavy atom. The van der Waals surface area contributed by atoms with Gasteiger partial charge in [-0.05, 0) is 60.6 Å². The zero-order chi connectivity index (χ0) is 20.5. The van der Waals surface area contributed by atoms with Crippen molar-refractivity contribution in [1.82, 2.24) is 0 Å². The maximum Gasteiger partial charge on any atom is 0.307 e. The molecule has 0 aromatic heterocycles. The summed E-state index contributed by atoms with van der Waals surface area (Å²) in [4.78, 5) is 23.2. The number of methoxy groups -OCH3 is 2. The van der Waals surface area contributed by atoms with E-state index in [2.05, 4.69) is 0 Å². The number of benzene rings is 2. The fraction of sp³-hybridized carbons (Fsp3) is 0.364. The highest BCUT2D eigenvalue weighted by atomic mass is 16.5. The summed E-state index contributed by atoms with van der Waals surface area (Å²) in [6.07, 6.45) is 0.982. The maximum atomic E-state index is 12.1. The quantitative estimate of drug-likeness (QED) is 0.612. The Labute approximate surface area is 164 Å². The molecule has 0 saturated heterocycles. The molecule has 150 valence electrons. The summed E-state index contributed by atoms with van der Waals surface area (Å²) in [5, 5.41) is 19.0. The molecule has 0 bridgehead atoms. The van der Waals surface area contributed by atoms with Crippen molar-refractivity contribution in [2.24, 2.45) is 11.8 Å². The van der Waals surface area contributed by atoms with E-state index in [4.69, 9.17) is 14.6 Å².